The molecular weight excluding hydrogens is 312 g/mol. The van der Waals surface area contributed by atoms with E-state index >= 15 is 0 Å². The molecule has 110 valence electrons. The highest BCUT2D eigenvalue weighted by molar-refractivity contribution is 9.10. The third-order valence-corrected chi connectivity index (χ3v) is 4.90. The summed E-state index contributed by atoms with van der Waals surface area (Å²) in [6.45, 7) is 4.54. The molecule has 2 nitrogen and oxygen atoms in total. The Balaban J connectivity index is 1.74. The molecule has 2 aliphatic rings. The van der Waals surface area contributed by atoms with Crippen LogP contribution in [0, 0.1) is 11.8 Å². The molecule has 1 atom stereocenters. The van der Waals surface area contributed by atoms with Gasteiger partial charge >= 0.3 is 0 Å². The lowest BCUT2D eigenvalue weighted by molar-refractivity contribution is 0.678. The minimum atomic E-state index is 0.224. The molecular formula is C17H25BrN2. The molecule has 20 heavy (non-hydrogen) atoms. The fraction of sp³-hybridized carbons (Fsp3) is 0.647. The van der Waals surface area contributed by atoms with E-state index in [-0.39, 0.29) is 6.04 Å². The molecule has 3 rings (SSSR count). The Morgan fingerprint density at radius 2 is 1.80 bits per heavy atom. The van der Waals surface area contributed by atoms with E-state index in [0.29, 0.717) is 0 Å². The van der Waals surface area contributed by atoms with Crippen molar-refractivity contribution in [2.75, 3.05) is 18.0 Å². The Labute approximate surface area is 130 Å². The first-order valence-electron chi connectivity index (χ1n) is 7.91. The molecule has 0 aromatic heterocycles. The van der Waals surface area contributed by atoms with Gasteiger partial charge in [-0.25, -0.2) is 0 Å². The van der Waals surface area contributed by atoms with Gasteiger partial charge in [0.25, 0.3) is 0 Å². The predicted octanol–water partition coefficient (Wildman–Crippen LogP) is 3.97. The van der Waals surface area contributed by atoms with Crippen LogP contribution in [0.15, 0.2) is 22.7 Å². The van der Waals surface area contributed by atoms with E-state index in [2.05, 4.69) is 46.0 Å². The quantitative estimate of drug-likeness (QED) is 0.816. The lowest BCUT2D eigenvalue weighted by atomic mass is 10.1. The van der Waals surface area contributed by atoms with Gasteiger partial charge < -0.3 is 10.6 Å². The molecule has 0 aliphatic heterocycles. The molecule has 0 saturated heterocycles. The second-order valence-corrected chi connectivity index (χ2v) is 7.61. The summed E-state index contributed by atoms with van der Waals surface area (Å²) in [5.74, 6) is 1.87. The van der Waals surface area contributed by atoms with Gasteiger partial charge in [0, 0.05) is 23.6 Å². The largest absolute Gasteiger partial charge is 0.370 e. The van der Waals surface area contributed by atoms with Crippen LogP contribution < -0.4 is 10.6 Å². The normalized spacial score (nSPS) is 19.9. The third-order valence-electron chi connectivity index (χ3n) is 4.26. The molecule has 0 amide bonds. The number of rotatable bonds is 7. The maximum atomic E-state index is 5.89. The Morgan fingerprint density at radius 3 is 2.25 bits per heavy atom. The van der Waals surface area contributed by atoms with Crippen LogP contribution in [0.2, 0.25) is 0 Å². The molecule has 0 radical (unpaired) electrons. The van der Waals surface area contributed by atoms with Crippen LogP contribution in [0.1, 0.15) is 38.2 Å². The first-order chi connectivity index (χ1) is 9.61. The van der Waals surface area contributed by atoms with Crippen molar-refractivity contribution in [3.63, 3.8) is 0 Å². The fourth-order valence-corrected chi connectivity index (χ4v) is 3.48. The lowest BCUT2D eigenvalue weighted by Crippen LogP contribution is -2.28. The van der Waals surface area contributed by atoms with Crippen LogP contribution in [-0.2, 0) is 6.42 Å². The lowest BCUT2D eigenvalue weighted by Gasteiger charge is -2.26. The van der Waals surface area contributed by atoms with Crippen LogP contribution >= 0.6 is 15.9 Å². The summed E-state index contributed by atoms with van der Waals surface area (Å²) in [5.41, 5.74) is 8.59. The molecule has 0 spiro atoms. The molecule has 2 N–H and O–H groups in total. The summed E-state index contributed by atoms with van der Waals surface area (Å²) < 4.78 is 1.23. The van der Waals surface area contributed by atoms with Crippen LogP contribution in [0.5, 0.6) is 0 Å². The number of benzene rings is 1. The van der Waals surface area contributed by atoms with Gasteiger partial charge in [-0.2, -0.15) is 0 Å². The second kappa shape index (κ2) is 6.07. The molecule has 2 aliphatic carbocycles. The third kappa shape index (κ3) is 3.98. The summed E-state index contributed by atoms with van der Waals surface area (Å²) in [5, 5.41) is 0. The SMILES string of the molecule is CC(N)Cc1ccc(N(CC2CC2)CC2CC2)c(Br)c1. The van der Waals surface area contributed by atoms with E-state index < -0.39 is 0 Å². The molecule has 2 fully saturated rings. The average Bonchev–Trinajstić information content (AvgIpc) is 3.22. The second-order valence-electron chi connectivity index (χ2n) is 6.76. The zero-order chi connectivity index (χ0) is 14.1. The molecule has 0 heterocycles. The van der Waals surface area contributed by atoms with Crippen molar-refractivity contribution in [2.24, 2.45) is 17.6 Å². The van der Waals surface area contributed by atoms with Gasteiger partial charge in [-0.3, -0.25) is 0 Å². The van der Waals surface area contributed by atoms with Gasteiger partial charge in [0.2, 0.25) is 0 Å². The van der Waals surface area contributed by atoms with Crippen molar-refractivity contribution in [3.05, 3.63) is 28.2 Å². The van der Waals surface area contributed by atoms with Crippen LogP contribution in [0.4, 0.5) is 5.69 Å². The topological polar surface area (TPSA) is 29.3 Å². The summed E-state index contributed by atoms with van der Waals surface area (Å²) >= 11 is 3.78. The first kappa shape index (κ1) is 14.4. The van der Waals surface area contributed by atoms with E-state index in [1.165, 1.54) is 54.5 Å². The number of hydrogen-bond donors (Lipinski definition) is 1. The van der Waals surface area contributed by atoms with Crippen molar-refractivity contribution < 1.29 is 0 Å². The van der Waals surface area contributed by atoms with Gasteiger partial charge in [0.15, 0.2) is 0 Å². The highest BCUT2D eigenvalue weighted by Crippen LogP contribution is 2.38. The molecule has 3 heteroatoms. The number of anilines is 1. The fourth-order valence-electron chi connectivity index (χ4n) is 2.80. The maximum Gasteiger partial charge on any atom is 0.0511 e. The number of nitrogens with zero attached hydrogens (tertiary/aromatic N) is 1. The minimum absolute atomic E-state index is 0.224. The van der Waals surface area contributed by atoms with Gasteiger partial charge in [-0.05, 0) is 84.5 Å². The van der Waals surface area contributed by atoms with Gasteiger partial charge in [-0.1, -0.05) is 6.07 Å². The maximum absolute atomic E-state index is 5.89. The summed E-state index contributed by atoms with van der Waals surface area (Å²) in [4.78, 5) is 2.61. The Morgan fingerprint density at radius 1 is 1.20 bits per heavy atom. The summed E-state index contributed by atoms with van der Waals surface area (Å²) in [6.07, 6.45) is 6.62. The summed E-state index contributed by atoms with van der Waals surface area (Å²) in [7, 11) is 0. The van der Waals surface area contributed by atoms with Crippen molar-refractivity contribution in [3.8, 4) is 0 Å². The number of nitrogens with two attached hydrogens (primary N) is 1. The van der Waals surface area contributed by atoms with Crippen LogP contribution in [0.3, 0.4) is 0 Å². The Kier molecular flexibility index (Phi) is 4.37. The Hall–Kier alpha value is -0.540. The predicted molar refractivity (Wildman–Crippen MR) is 89.2 cm³/mol. The highest BCUT2D eigenvalue weighted by atomic mass is 79.9. The van der Waals surface area contributed by atoms with Gasteiger partial charge in [0.05, 0.1) is 5.69 Å². The van der Waals surface area contributed by atoms with Crippen molar-refractivity contribution in [1.82, 2.24) is 0 Å². The average molecular weight is 337 g/mol. The molecule has 1 aromatic rings. The van der Waals surface area contributed by atoms with E-state index in [1.54, 1.807) is 0 Å². The van der Waals surface area contributed by atoms with Gasteiger partial charge in [0.1, 0.15) is 0 Å². The van der Waals surface area contributed by atoms with Crippen LogP contribution in [0.25, 0.3) is 0 Å². The zero-order valence-corrected chi connectivity index (χ0v) is 13.9. The Bertz CT molecular complexity index is 450. The number of hydrogen-bond acceptors (Lipinski definition) is 2. The molecule has 2 saturated carbocycles. The standard InChI is InChI=1S/C17H25BrN2/c1-12(19)8-15-6-7-17(16(18)9-15)20(10-13-2-3-13)11-14-4-5-14/h6-7,9,12-14H,2-5,8,10-11,19H2,1H3. The van der Waals surface area contributed by atoms with Gasteiger partial charge in [-0.15, -0.1) is 0 Å². The highest BCUT2D eigenvalue weighted by Gasteiger charge is 2.30. The minimum Gasteiger partial charge on any atom is -0.370 e. The number of halogens is 1. The first-order valence-corrected chi connectivity index (χ1v) is 8.70. The van der Waals surface area contributed by atoms with Crippen LogP contribution in [-0.4, -0.2) is 19.1 Å². The van der Waals surface area contributed by atoms with Crippen molar-refractivity contribution in [2.45, 2.75) is 45.1 Å². The molecule has 0 bridgehead atoms. The van der Waals surface area contributed by atoms with Crippen molar-refractivity contribution >= 4 is 21.6 Å². The van der Waals surface area contributed by atoms with E-state index in [9.17, 15) is 0 Å². The summed E-state index contributed by atoms with van der Waals surface area (Å²) in [6, 6.07) is 7.01. The van der Waals surface area contributed by atoms with E-state index in [1.807, 2.05) is 0 Å². The molecule has 1 aromatic carbocycles. The van der Waals surface area contributed by atoms with Crippen molar-refractivity contribution in [1.29, 1.82) is 0 Å². The smallest absolute Gasteiger partial charge is 0.0511 e. The van der Waals surface area contributed by atoms with E-state index in [0.717, 1.165) is 18.3 Å². The molecule has 1 unspecified atom stereocenters. The van der Waals surface area contributed by atoms with E-state index in [4.69, 9.17) is 5.73 Å². The monoisotopic (exact) mass is 336 g/mol. The zero-order valence-electron chi connectivity index (χ0n) is 12.3.